The number of piperidine rings is 1. The van der Waals surface area contributed by atoms with Gasteiger partial charge in [-0.25, -0.2) is 0 Å². The second kappa shape index (κ2) is 11.0. The first-order chi connectivity index (χ1) is 17.6. The number of ketones is 1. The molecule has 5 rings (SSSR count). The lowest BCUT2D eigenvalue weighted by Gasteiger charge is -2.38. The fourth-order valence-corrected chi connectivity index (χ4v) is 5.25. The van der Waals surface area contributed by atoms with Crippen LogP contribution in [0.15, 0.2) is 65.3 Å². The minimum atomic E-state index is -0.317. The molecule has 2 aliphatic heterocycles. The molecule has 0 radical (unpaired) electrons. The van der Waals surface area contributed by atoms with Gasteiger partial charge in [0.1, 0.15) is 0 Å². The van der Waals surface area contributed by atoms with Gasteiger partial charge in [-0.3, -0.25) is 9.59 Å². The summed E-state index contributed by atoms with van der Waals surface area (Å²) in [6, 6.07) is 17.5. The van der Waals surface area contributed by atoms with Crippen molar-refractivity contribution in [2.45, 2.75) is 26.2 Å². The molecule has 188 valence electrons. The fraction of sp³-hybridized carbons (Fsp3) is 0.379. The third-order valence-corrected chi connectivity index (χ3v) is 7.32. The number of para-hydroxylation sites is 1. The molecule has 0 bridgehead atoms. The van der Waals surface area contributed by atoms with E-state index >= 15 is 0 Å². The SMILES string of the molecule is Cc1ccccc1N1CCN(c2ccc(C(=O)CC3CCNCC3)cc2NC(=O)c2ccco2)CC1. The van der Waals surface area contributed by atoms with Gasteiger partial charge in [-0.1, -0.05) is 18.2 Å². The first kappa shape index (κ1) is 24.1. The number of carbonyl (C=O) groups excluding carboxylic acids is 2. The van der Waals surface area contributed by atoms with Crippen molar-refractivity contribution in [3.63, 3.8) is 0 Å². The molecule has 3 heterocycles. The summed E-state index contributed by atoms with van der Waals surface area (Å²) in [5, 5.41) is 6.37. The van der Waals surface area contributed by atoms with Crippen molar-refractivity contribution in [1.82, 2.24) is 5.32 Å². The summed E-state index contributed by atoms with van der Waals surface area (Å²) in [5.74, 6) is 0.472. The summed E-state index contributed by atoms with van der Waals surface area (Å²) < 4.78 is 5.30. The van der Waals surface area contributed by atoms with E-state index in [0.29, 0.717) is 23.6 Å². The summed E-state index contributed by atoms with van der Waals surface area (Å²) >= 11 is 0. The van der Waals surface area contributed by atoms with Crippen LogP contribution in [0.3, 0.4) is 0 Å². The van der Waals surface area contributed by atoms with Crippen LogP contribution in [0.1, 0.15) is 45.7 Å². The first-order valence-corrected chi connectivity index (χ1v) is 12.9. The van der Waals surface area contributed by atoms with Gasteiger partial charge in [-0.05, 0) is 80.7 Å². The number of piperazine rings is 1. The highest BCUT2D eigenvalue weighted by Gasteiger charge is 2.24. The Hall–Kier alpha value is -3.58. The predicted molar refractivity (Wildman–Crippen MR) is 143 cm³/mol. The Morgan fingerprint density at radius 3 is 2.36 bits per heavy atom. The number of carbonyl (C=O) groups is 2. The van der Waals surface area contributed by atoms with E-state index in [1.165, 1.54) is 17.5 Å². The van der Waals surface area contributed by atoms with E-state index < -0.39 is 0 Å². The molecule has 2 fully saturated rings. The standard InChI is InChI=1S/C29H34N4O3/c1-21-5-2-3-6-25(21)32-14-16-33(17-15-32)26-9-8-23(27(34)19-22-10-12-30-13-11-22)20-24(26)31-29(35)28-7-4-18-36-28/h2-9,18,20,22,30H,10-17,19H2,1H3,(H,31,35). The van der Waals surface area contributed by atoms with Crippen LogP contribution < -0.4 is 20.4 Å². The number of aryl methyl sites for hydroxylation is 1. The number of hydrogen-bond acceptors (Lipinski definition) is 6. The van der Waals surface area contributed by atoms with E-state index in [4.69, 9.17) is 4.42 Å². The number of anilines is 3. The zero-order chi connectivity index (χ0) is 24.9. The monoisotopic (exact) mass is 486 g/mol. The molecule has 0 atom stereocenters. The Bertz CT molecular complexity index is 1190. The van der Waals surface area contributed by atoms with Gasteiger partial charge in [0.15, 0.2) is 11.5 Å². The molecule has 7 nitrogen and oxygen atoms in total. The molecule has 36 heavy (non-hydrogen) atoms. The zero-order valence-corrected chi connectivity index (χ0v) is 20.8. The second-order valence-corrected chi connectivity index (χ2v) is 9.74. The van der Waals surface area contributed by atoms with Crippen molar-refractivity contribution < 1.29 is 14.0 Å². The van der Waals surface area contributed by atoms with Crippen LogP contribution in [0.25, 0.3) is 0 Å². The number of nitrogens with zero attached hydrogens (tertiary/aromatic N) is 2. The lowest BCUT2D eigenvalue weighted by atomic mass is 9.90. The predicted octanol–water partition coefficient (Wildman–Crippen LogP) is 4.74. The van der Waals surface area contributed by atoms with E-state index in [9.17, 15) is 9.59 Å². The minimum Gasteiger partial charge on any atom is -0.459 e. The third kappa shape index (κ3) is 5.46. The average molecular weight is 487 g/mol. The summed E-state index contributed by atoms with van der Waals surface area (Å²) in [6.45, 7) is 7.48. The molecule has 2 saturated heterocycles. The van der Waals surface area contributed by atoms with Gasteiger partial charge in [0.2, 0.25) is 0 Å². The molecular formula is C29H34N4O3. The molecule has 0 aliphatic carbocycles. The van der Waals surface area contributed by atoms with Crippen molar-refractivity contribution in [2.24, 2.45) is 5.92 Å². The zero-order valence-electron chi connectivity index (χ0n) is 20.8. The van der Waals surface area contributed by atoms with E-state index in [1.807, 2.05) is 18.2 Å². The normalized spacial score (nSPS) is 16.7. The lowest BCUT2D eigenvalue weighted by Crippen LogP contribution is -2.47. The highest BCUT2D eigenvalue weighted by atomic mass is 16.3. The van der Waals surface area contributed by atoms with Crippen LogP contribution in [0, 0.1) is 12.8 Å². The van der Waals surface area contributed by atoms with Gasteiger partial charge >= 0.3 is 0 Å². The Morgan fingerprint density at radius 1 is 0.944 bits per heavy atom. The van der Waals surface area contributed by atoms with Crippen molar-refractivity contribution in [2.75, 3.05) is 54.4 Å². The van der Waals surface area contributed by atoms with Crippen LogP contribution in [-0.2, 0) is 0 Å². The van der Waals surface area contributed by atoms with Crippen LogP contribution in [0.2, 0.25) is 0 Å². The first-order valence-electron chi connectivity index (χ1n) is 12.9. The quantitative estimate of drug-likeness (QED) is 0.470. The highest BCUT2D eigenvalue weighted by molar-refractivity contribution is 6.06. The molecule has 1 aromatic heterocycles. The molecule has 2 N–H and O–H groups in total. The third-order valence-electron chi connectivity index (χ3n) is 7.32. The highest BCUT2D eigenvalue weighted by Crippen LogP contribution is 2.31. The van der Waals surface area contributed by atoms with Gasteiger partial charge in [-0.2, -0.15) is 0 Å². The Morgan fingerprint density at radius 2 is 1.67 bits per heavy atom. The van der Waals surface area contributed by atoms with Gasteiger partial charge in [0.05, 0.1) is 17.6 Å². The number of nitrogens with one attached hydrogen (secondary N) is 2. The molecule has 2 aromatic carbocycles. The van der Waals surface area contributed by atoms with Gasteiger partial charge in [0.25, 0.3) is 5.91 Å². The van der Waals surface area contributed by atoms with Gasteiger partial charge < -0.3 is 24.9 Å². The van der Waals surface area contributed by atoms with Gasteiger partial charge in [0, 0.05) is 43.9 Å². The lowest BCUT2D eigenvalue weighted by molar-refractivity contribution is 0.0950. The summed E-state index contributed by atoms with van der Waals surface area (Å²) in [5.41, 5.74) is 4.76. The van der Waals surface area contributed by atoms with E-state index in [2.05, 4.69) is 51.6 Å². The van der Waals surface area contributed by atoms with Crippen molar-refractivity contribution in [3.8, 4) is 0 Å². The van der Waals surface area contributed by atoms with Crippen molar-refractivity contribution in [3.05, 3.63) is 77.7 Å². The maximum atomic E-state index is 13.1. The van der Waals surface area contributed by atoms with Gasteiger partial charge in [-0.15, -0.1) is 0 Å². The topological polar surface area (TPSA) is 77.8 Å². The Labute approximate surface area is 212 Å². The molecule has 3 aromatic rings. The molecule has 0 spiro atoms. The molecular weight excluding hydrogens is 452 g/mol. The molecule has 0 saturated carbocycles. The van der Waals surface area contributed by atoms with Crippen LogP contribution in [0.4, 0.5) is 17.1 Å². The largest absolute Gasteiger partial charge is 0.459 e. The van der Waals surface area contributed by atoms with E-state index in [1.54, 1.807) is 12.1 Å². The maximum absolute atomic E-state index is 13.1. The number of furan rings is 1. The number of rotatable bonds is 7. The number of Topliss-reactive ketones (excluding diaryl/α,β-unsaturated/α-hetero) is 1. The maximum Gasteiger partial charge on any atom is 0.291 e. The summed E-state index contributed by atoms with van der Waals surface area (Å²) in [6.07, 6.45) is 4.08. The van der Waals surface area contributed by atoms with Crippen molar-refractivity contribution in [1.29, 1.82) is 0 Å². The Kier molecular flexibility index (Phi) is 7.37. The van der Waals surface area contributed by atoms with Crippen molar-refractivity contribution >= 4 is 28.8 Å². The second-order valence-electron chi connectivity index (χ2n) is 9.74. The Balaban J connectivity index is 1.35. The summed E-state index contributed by atoms with van der Waals surface area (Å²) in [4.78, 5) is 30.7. The molecule has 0 unspecified atom stereocenters. The van der Waals surface area contributed by atoms with E-state index in [-0.39, 0.29) is 17.5 Å². The smallest absolute Gasteiger partial charge is 0.291 e. The molecule has 7 heteroatoms. The number of benzene rings is 2. The number of amides is 1. The van der Waals surface area contributed by atoms with E-state index in [0.717, 1.165) is 57.8 Å². The molecule has 2 aliphatic rings. The average Bonchev–Trinajstić information content (AvgIpc) is 3.45. The van der Waals surface area contributed by atoms with Crippen LogP contribution >= 0.6 is 0 Å². The minimum absolute atomic E-state index is 0.131. The number of hydrogen-bond donors (Lipinski definition) is 2. The van der Waals surface area contributed by atoms with Crippen LogP contribution in [0.5, 0.6) is 0 Å². The fourth-order valence-electron chi connectivity index (χ4n) is 5.25. The molecule has 1 amide bonds. The summed E-state index contributed by atoms with van der Waals surface area (Å²) in [7, 11) is 0. The van der Waals surface area contributed by atoms with Crippen LogP contribution in [-0.4, -0.2) is 51.0 Å².